The zero-order valence-electron chi connectivity index (χ0n) is 20.2. The molecule has 0 spiro atoms. The fourth-order valence-electron chi connectivity index (χ4n) is 3.70. The van der Waals surface area contributed by atoms with E-state index in [0.717, 1.165) is 17.8 Å². The van der Waals surface area contributed by atoms with E-state index in [1.54, 1.807) is 60.5 Å². The molecule has 38 heavy (non-hydrogen) atoms. The standard InChI is InChI=1S/C26H21F3N8O/c1-16-12-36(14-31-16)22-10-19(26(27,28)29)9-21(11-22)33-24(38)18-3-5-20(6-4-18)34-25-30-8-7-23(35-25)37-13-17(2)32-15-37/h3-15H,1-2H3,(H,33,38)(H,30,34,35). The Morgan fingerprint density at radius 1 is 0.842 bits per heavy atom. The van der Waals surface area contributed by atoms with Gasteiger partial charge >= 0.3 is 6.18 Å². The van der Waals surface area contributed by atoms with Crippen LogP contribution >= 0.6 is 0 Å². The maximum Gasteiger partial charge on any atom is 0.416 e. The number of carbonyl (C=O) groups is 1. The van der Waals surface area contributed by atoms with E-state index >= 15 is 0 Å². The summed E-state index contributed by atoms with van der Waals surface area (Å²) in [4.78, 5) is 29.7. The molecule has 0 saturated carbocycles. The van der Waals surface area contributed by atoms with Crippen LogP contribution in [-0.4, -0.2) is 35.0 Å². The topological polar surface area (TPSA) is 103 Å². The molecule has 5 aromatic rings. The highest BCUT2D eigenvalue weighted by molar-refractivity contribution is 6.04. The van der Waals surface area contributed by atoms with Gasteiger partial charge in [0.25, 0.3) is 5.91 Å². The number of benzene rings is 2. The molecular formula is C26H21F3N8O. The first-order chi connectivity index (χ1) is 18.1. The SMILES string of the molecule is Cc1cn(-c2cc(NC(=O)c3ccc(Nc4nccc(-n5cnc(C)c5)n4)cc3)cc(C(F)(F)F)c2)cn1. The van der Waals surface area contributed by atoms with E-state index < -0.39 is 17.6 Å². The van der Waals surface area contributed by atoms with E-state index in [1.807, 2.05) is 13.1 Å². The maximum absolute atomic E-state index is 13.5. The van der Waals surface area contributed by atoms with Crippen molar-refractivity contribution in [1.82, 2.24) is 29.1 Å². The normalized spacial score (nSPS) is 11.4. The number of alkyl halides is 3. The van der Waals surface area contributed by atoms with Crippen molar-refractivity contribution in [2.45, 2.75) is 20.0 Å². The lowest BCUT2D eigenvalue weighted by molar-refractivity contribution is -0.137. The molecule has 9 nitrogen and oxygen atoms in total. The van der Waals surface area contributed by atoms with E-state index in [9.17, 15) is 18.0 Å². The van der Waals surface area contributed by atoms with E-state index in [4.69, 9.17) is 0 Å². The third-order valence-corrected chi connectivity index (χ3v) is 5.53. The lowest BCUT2D eigenvalue weighted by Crippen LogP contribution is -2.14. The van der Waals surface area contributed by atoms with Gasteiger partial charge in [-0.05, 0) is 62.4 Å². The first kappa shape index (κ1) is 24.7. The summed E-state index contributed by atoms with van der Waals surface area (Å²) in [6, 6.07) is 11.5. The third kappa shape index (κ3) is 5.53. The molecule has 0 fully saturated rings. The molecule has 0 unspecified atom stereocenters. The summed E-state index contributed by atoms with van der Waals surface area (Å²) in [5.41, 5.74) is 1.73. The summed E-state index contributed by atoms with van der Waals surface area (Å²) in [5, 5.41) is 5.63. The van der Waals surface area contributed by atoms with Crippen LogP contribution in [0.4, 0.5) is 30.5 Å². The molecule has 5 rings (SSSR count). The van der Waals surface area contributed by atoms with Gasteiger partial charge in [-0.2, -0.15) is 18.2 Å². The summed E-state index contributed by atoms with van der Waals surface area (Å²) >= 11 is 0. The number of hydrogen-bond acceptors (Lipinski definition) is 6. The van der Waals surface area contributed by atoms with Crippen LogP contribution in [0, 0.1) is 13.8 Å². The van der Waals surface area contributed by atoms with Crippen LogP contribution in [0.1, 0.15) is 27.3 Å². The fourth-order valence-corrected chi connectivity index (χ4v) is 3.70. The zero-order valence-corrected chi connectivity index (χ0v) is 20.2. The molecule has 2 aromatic carbocycles. The Balaban J connectivity index is 1.32. The number of nitrogens with zero attached hydrogens (tertiary/aromatic N) is 6. The lowest BCUT2D eigenvalue weighted by atomic mass is 10.1. The fraction of sp³-hybridized carbons (Fsp3) is 0.115. The molecule has 3 aromatic heterocycles. The summed E-state index contributed by atoms with van der Waals surface area (Å²) in [7, 11) is 0. The predicted molar refractivity (Wildman–Crippen MR) is 135 cm³/mol. The Hall–Kier alpha value is -5.00. The van der Waals surface area contributed by atoms with E-state index in [2.05, 4.69) is 30.6 Å². The van der Waals surface area contributed by atoms with E-state index in [-0.39, 0.29) is 16.9 Å². The zero-order chi connectivity index (χ0) is 26.9. The van der Waals surface area contributed by atoms with Crippen molar-refractivity contribution in [3.05, 3.63) is 102 Å². The molecule has 0 atom stereocenters. The minimum absolute atomic E-state index is 0.00772. The Kier molecular flexibility index (Phi) is 6.37. The van der Waals surface area contributed by atoms with Gasteiger partial charge in [0.05, 0.1) is 23.3 Å². The van der Waals surface area contributed by atoms with Crippen molar-refractivity contribution < 1.29 is 18.0 Å². The van der Waals surface area contributed by atoms with Crippen LogP contribution < -0.4 is 10.6 Å². The minimum atomic E-state index is -4.59. The number of amides is 1. The molecule has 0 saturated heterocycles. The molecule has 3 heterocycles. The third-order valence-electron chi connectivity index (χ3n) is 5.53. The van der Waals surface area contributed by atoms with Crippen molar-refractivity contribution in [3.8, 4) is 11.5 Å². The summed E-state index contributed by atoms with van der Waals surface area (Å²) in [5.74, 6) is 0.417. The van der Waals surface area contributed by atoms with Gasteiger partial charge in [0.1, 0.15) is 12.1 Å². The van der Waals surface area contributed by atoms with Gasteiger partial charge in [-0.3, -0.25) is 9.36 Å². The van der Waals surface area contributed by atoms with Crippen LogP contribution in [0.2, 0.25) is 0 Å². The van der Waals surface area contributed by atoms with Gasteiger partial charge in [-0.25, -0.2) is 15.0 Å². The number of aryl methyl sites for hydroxylation is 2. The average Bonchev–Trinajstić information content (AvgIpc) is 3.52. The van der Waals surface area contributed by atoms with Gasteiger partial charge in [-0.1, -0.05) is 0 Å². The molecule has 0 aliphatic carbocycles. The van der Waals surface area contributed by atoms with Crippen LogP contribution in [0.3, 0.4) is 0 Å². The average molecular weight is 519 g/mol. The van der Waals surface area contributed by atoms with Gasteiger partial charge in [0.2, 0.25) is 5.95 Å². The molecule has 0 aliphatic rings. The van der Waals surface area contributed by atoms with Crippen molar-refractivity contribution in [1.29, 1.82) is 0 Å². The smallest absolute Gasteiger partial charge is 0.324 e. The van der Waals surface area contributed by atoms with E-state index in [1.165, 1.54) is 17.0 Å². The highest BCUT2D eigenvalue weighted by Crippen LogP contribution is 2.33. The van der Waals surface area contributed by atoms with Crippen LogP contribution in [0.15, 0.2) is 79.8 Å². The van der Waals surface area contributed by atoms with Crippen LogP contribution in [-0.2, 0) is 6.18 Å². The molecule has 2 N–H and O–H groups in total. The number of nitrogens with one attached hydrogen (secondary N) is 2. The molecule has 0 aliphatic heterocycles. The Morgan fingerprint density at radius 3 is 2.16 bits per heavy atom. The minimum Gasteiger partial charge on any atom is -0.324 e. The Labute approximate surface area is 215 Å². The number of carbonyl (C=O) groups excluding carboxylic acids is 1. The molecular weight excluding hydrogens is 497 g/mol. The summed E-state index contributed by atoms with van der Waals surface area (Å²) in [6.45, 7) is 3.61. The second kappa shape index (κ2) is 9.81. The van der Waals surface area contributed by atoms with Crippen molar-refractivity contribution in [2.75, 3.05) is 10.6 Å². The highest BCUT2D eigenvalue weighted by Gasteiger charge is 2.31. The molecule has 12 heteroatoms. The monoisotopic (exact) mass is 518 g/mol. The Bertz CT molecular complexity index is 1610. The molecule has 0 bridgehead atoms. The van der Waals surface area contributed by atoms with Crippen molar-refractivity contribution in [2.24, 2.45) is 0 Å². The number of anilines is 3. The number of rotatable bonds is 6. The van der Waals surface area contributed by atoms with Crippen LogP contribution in [0.25, 0.3) is 11.5 Å². The number of imidazole rings is 2. The molecule has 192 valence electrons. The summed E-state index contributed by atoms with van der Waals surface area (Å²) < 4.78 is 43.8. The van der Waals surface area contributed by atoms with Gasteiger partial charge in [0, 0.05) is 41.2 Å². The predicted octanol–water partition coefficient (Wildman–Crippen LogP) is 5.48. The molecule has 0 radical (unpaired) electrons. The first-order valence-corrected chi connectivity index (χ1v) is 11.4. The maximum atomic E-state index is 13.5. The first-order valence-electron chi connectivity index (χ1n) is 11.4. The van der Waals surface area contributed by atoms with Gasteiger partial charge in [0.15, 0.2) is 0 Å². The largest absolute Gasteiger partial charge is 0.416 e. The lowest BCUT2D eigenvalue weighted by Gasteiger charge is -2.14. The second-order valence-electron chi connectivity index (χ2n) is 8.51. The second-order valence-corrected chi connectivity index (χ2v) is 8.51. The van der Waals surface area contributed by atoms with E-state index in [0.29, 0.717) is 23.1 Å². The molecule has 1 amide bonds. The van der Waals surface area contributed by atoms with Crippen molar-refractivity contribution >= 4 is 23.2 Å². The van der Waals surface area contributed by atoms with Crippen LogP contribution in [0.5, 0.6) is 0 Å². The van der Waals surface area contributed by atoms with Gasteiger partial charge < -0.3 is 15.2 Å². The quantitative estimate of drug-likeness (QED) is 0.309. The number of aromatic nitrogens is 6. The number of halogens is 3. The highest BCUT2D eigenvalue weighted by atomic mass is 19.4. The van der Waals surface area contributed by atoms with Gasteiger partial charge in [-0.15, -0.1) is 0 Å². The summed E-state index contributed by atoms with van der Waals surface area (Å²) in [6.07, 6.45) is 3.52. The Morgan fingerprint density at radius 2 is 1.53 bits per heavy atom. The number of hydrogen-bond donors (Lipinski definition) is 2. The van der Waals surface area contributed by atoms with Crippen molar-refractivity contribution in [3.63, 3.8) is 0 Å².